The number of fused-ring (bicyclic) bond motifs is 13. The van der Waals surface area contributed by atoms with Crippen LogP contribution in [0.15, 0.2) is 182 Å². The first kappa shape index (κ1) is 32.8. The Morgan fingerprint density at radius 3 is 1.60 bits per heavy atom. The largest absolute Gasteiger partial charge is 0.309 e. The molecule has 58 heavy (non-hydrogen) atoms. The van der Waals surface area contributed by atoms with Crippen LogP contribution in [-0.2, 0) is 5.41 Å². The van der Waals surface area contributed by atoms with E-state index in [-0.39, 0.29) is 5.41 Å². The SMILES string of the molecule is CC1(C)c2ccccc2-c2c1ccc1c2c2ccccc2n1-c1cc(-c2nc(-c3ccccc3)nc(-c3ccccc3)n2)c2c3ccccc3c3ccccc3c2c1. The summed E-state index contributed by atoms with van der Waals surface area (Å²) in [5, 5.41) is 9.59. The van der Waals surface area contributed by atoms with Gasteiger partial charge in [0.2, 0.25) is 0 Å². The van der Waals surface area contributed by atoms with Crippen LogP contribution in [0.4, 0.5) is 0 Å². The van der Waals surface area contributed by atoms with Crippen molar-refractivity contribution in [2.24, 2.45) is 0 Å². The summed E-state index contributed by atoms with van der Waals surface area (Å²) in [6.45, 7) is 4.71. The van der Waals surface area contributed by atoms with Crippen LogP contribution in [0.5, 0.6) is 0 Å². The summed E-state index contributed by atoms with van der Waals surface area (Å²) in [7, 11) is 0. The van der Waals surface area contributed by atoms with Crippen LogP contribution in [0.25, 0.3) is 105 Å². The maximum absolute atomic E-state index is 5.34. The minimum Gasteiger partial charge on any atom is -0.309 e. The number of benzene rings is 9. The average molecular weight is 741 g/mol. The summed E-state index contributed by atoms with van der Waals surface area (Å²) >= 11 is 0. The van der Waals surface area contributed by atoms with Crippen molar-refractivity contribution >= 4 is 54.1 Å². The molecule has 9 aromatic carbocycles. The normalized spacial score (nSPS) is 13.1. The van der Waals surface area contributed by atoms with Gasteiger partial charge in [0, 0.05) is 44.0 Å². The molecule has 0 bridgehead atoms. The first-order valence-corrected chi connectivity index (χ1v) is 20.0. The number of rotatable bonds is 4. The lowest BCUT2D eigenvalue weighted by Gasteiger charge is -2.21. The molecule has 2 aromatic heterocycles. The predicted octanol–water partition coefficient (Wildman–Crippen LogP) is 13.7. The van der Waals surface area contributed by atoms with Crippen molar-refractivity contribution in [2.45, 2.75) is 19.3 Å². The van der Waals surface area contributed by atoms with Gasteiger partial charge in [0.25, 0.3) is 0 Å². The van der Waals surface area contributed by atoms with E-state index in [1.165, 1.54) is 60.1 Å². The van der Waals surface area contributed by atoms with Crippen LogP contribution < -0.4 is 0 Å². The Kier molecular flexibility index (Phi) is 6.94. The van der Waals surface area contributed by atoms with E-state index in [4.69, 9.17) is 15.0 Å². The van der Waals surface area contributed by atoms with Crippen molar-refractivity contribution in [3.8, 4) is 51.0 Å². The fourth-order valence-electron chi connectivity index (χ4n) is 9.78. The molecule has 0 aliphatic heterocycles. The van der Waals surface area contributed by atoms with E-state index in [0.29, 0.717) is 17.5 Å². The quantitative estimate of drug-likeness (QED) is 0.169. The Balaban J connectivity index is 1.24. The molecule has 1 aliphatic rings. The van der Waals surface area contributed by atoms with Gasteiger partial charge in [0.1, 0.15) is 0 Å². The molecule has 4 heteroatoms. The van der Waals surface area contributed by atoms with Gasteiger partial charge in [-0.15, -0.1) is 0 Å². The summed E-state index contributed by atoms with van der Waals surface area (Å²) in [6, 6.07) is 65.3. The molecule has 272 valence electrons. The van der Waals surface area contributed by atoms with Crippen LogP contribution in [0.1, 0.15) is 25.0 Å². The summed E-state index contributed by atoms with van der Waals surface area (Å²) in [5.41, 5.74) is 11.5. The zero-order valence-corrected chi connectivity index (χ0v) is 32.1. The third-order valence-electron chi connectivity index (χ3n) is 12.4. The minimum absolute atomic E-state index is 0.106. The van der Waals surface area contributed by atoms with Crippen molar-refractivity contribution in [2.75, 3.05) is 0 Å². The standard InChI is InChI=1S/C54H36N4/c1-54(2)44-27-15-13-25-40(44)49-45(54)29-30-47-50(49)41-26-14-16-28-46(41)58(47)35-31-42-38-23-10-9-21-36(38)37-22-11-12-24-39(37)48(42)43(32-35)53-56-51(33-17-5-3-6-18-33)55-52(57-53)34-19-7-4-8-20-34/h3-32H,1-2H3. The van der Waals surface area contributed by atoms with E-state index >= 15 is 0 Å². The van der Waals surface area contributed by atoms with Gasteiger partial charge in [0.15, 0.2) is 17.5 Å². The molecule has 12 rings (SSSR count). The summed E-state index contributed by atoms with van der Waals surface area (Å²) in [5.74, 6) is 1.92. The van der Waals surface area contributed by atoms with Gasteiger partial charge in [0.05, 0.1) is 11.0 Å². The molecule has 0 radical (unpaired) electrons. The number of hydrogen-bond acceptors (Lipinski definition) is 3. The molecule has 0 fully saturated rings. The fraction of sp³-hybridized carbons (Fsp3) is 0.0556. The van der Waals surface area contributed by atoms with Crippen molar-refractivity contribution in [3.63, 3.8) is 0 Å². The lowest BCUT2D eigenvalue weighted by atomic mass is 9.82. The van der Waals surface area contributed by atoms with Gasteiger partial charge < -0.3 is 4.57 Å². The lowest BCUT2D eigenvalue weighted by Crippen LogP contribution is -2.14. The maximum Gasteiger partial charge on any atom is 0.164 e. The van der Waals surface area contributed by atoms with Crippen molar-refractivity contribution in [3.05, 3.63) is 193 Å². The molecule has 0 saturated heterocycles. The van der Waals surface area contributed by atoms with Crippen LogP contribution in [0.2, 0.25) is 0 Å². The van der Waals surface area contributed by atoms with Gasteiger partial charge in [-0.3, -0.25) is 0 Å². The van der Waals surface area contributed by atoms with Gasteiger partial charge in [-0.1, -0.05) is 172 Å². The second-order valence-corrected chi connectivity index (χ2v) is 16.0. The molecule has 0 spiro atoms. The molecule has 0 N–H and O–H groups in total. The number of hydrogen-bond donors (Lipinski definition) is 0. The molecule has 0 saturated carbocycles. The minimum atomic E-state index is -0.106. The van der Waals surface area contributed by atoms with E-state index in [2.05, 4.69) is 164 Å². The Morgan fingerprint density at radius 2 is 0.914 bits per heavy atom. The highest BCUT2D eigenvalue weighted by Crippen LogP contribution is 2.53. The summed E-state index contributed by atoms with van der Waals surface area (Å²) < 4.78 is 2.46. The zero-order valence-electron chi connectivity index (χ0n) is 32.1. The highest BCUT2D eigenvalue weighted by molar-refractivity contribution is 6.29. The van der Waals surface area contributed by atoms with E-state index in [0.717, 1.165) is 38.7 Å². The van der Waals surface area contributed by atoms with Crippen molar-refractivity contribution in [1.29, 1.82) is 0 Å². The lowest BCUT2D eigenvalue weighted by molar-refractivity contribution is 0.661. The topological polar surface area (TPSA) is 43.6 Å². The van der Waals surface area contributed by atoms with Crippen LogP contribution in [0, 0.1) is 0 Å². The van der Waals surface area contributed by atoms with Crippen LogP contribution in [-0.4, -0.2) is 19.5 Å². The van der Waals surface area contributed by atoms with Gasteiger partial charge >= 0.3 is 0 Å². The maximum atomic E-state index is 5.34. The predicted molar refractivity (Wildman–Crippen MR) is 241 cm³/mol. The van der Waals surface area contributed by atoms with E-state index < -0.39 is 0 Å². The van der Waals surface area contributed by atoms with Gasteiger partial charge in [-0.2, -0.15) is 0 Å². The van der Waals surface area contributed by atoms with Gasteiger partial charge in [-0.25, -0.2) is 15.0 Å². The van der Waals surface area contributed by atoms with Crippen molar-refractivity contribution in [1.82, 2.24) is 19.5 Å². The molecule has 0 amide bonds. The second-order valence-electron chi connectivity index (χ2n) is 16.0. The third kappa shape index (κ3) is 4.66. The highest BCUT2D eigenvalue weighted by Gasteiger charge is 2.37. The summed E-state index contributed by atoms with van der Waals surface area (Å²) in [4.78, 5) is 15.8. The Bertz CT molecular complexity index is 3410. The van der Waals surface area contributed by atoms with Gasteiger partial charge in [-0.05, 0) is 73.5 Å². The number of nitrogens with zero attached hydrogens (tertiary/aromatic N) is 4. The second kappa shape index (κ2) is 12.3. The fourth-order valence-corrected chi connectivity index (χ4v) is 9.78. The Morgan fingerprint density at radius 1 is 0.379 bits per heavy atom. The average Bonchev–Trinajstić information content (AvgIpc) is 3.75. The first-order chi connectivity index (χ1) is 28.5. The van der Waals surface area contributed by atoms with E-state index in [1.54, 1.807) is 0 Å². The molecule has 4 nitrogen and oxygen atoms in total. The number of aromatic nitrogens is 4. The molecule has 0 unspecified atom stereocenters. The molecule has 11 aromatic rings. The van der Waals surface area contributed by atoms with Crippen LogP contribution >= 0.6 is 0 Å². The molecule has 1 aliphatic carbocycles. The Labute approximate surface area is 335 Å². The van der Waals surface area contributed by atoms with Crippen LogP contribution in [0.3, 0.4) is 0 Å². The molecule has 0 atom stereocenters. The molecule has 2 heterocycles. The highest BCUT2D eigenvalue weighted by atomic mass is 15.0. The molecular formula is C54H36N4. The Hall–Kier alpha value is -7.43. The smallest absolute Gasteiger partial charge is 0.164 e. The van der Waals surface area contributed by atoms with E-state index in [9.17, 15) is 0 Å². The first-order valence-electron chi connectivity index (χ1n) is 20.0. The number of para-hydroxylation sites is 1. The van der Waals surface area contributed by atoms with E-state index in [1.807, 2.05) is 36.4 Å². The monoisotopic (exact) mass is 740 g/mol. The van der Waals surface area contributed by atoms with Crippen molar-refractivity contribution < 1.29 is 0 Å². The summed E-state index contributed by atoms with van der Waals surface area (Å²) in [6.07, 6.45) is 0. The zero-order chi connectivity index (χ0) is 38.5. The third-order valence-corrected chi connectivity index (χ3v) is 12.4. The molecular weight excluding hydrogens is 705 g/mol.